The van der Waals surface area contributed by atoms with Gasteiger partial charge in [-0.15, -0.1) is 0 Å². The van der Waals surface area contributed by atoms with Crippen molar-refractivity contribution in [2.75, 3.05) is 19.7 Å². The zero-order chi connectivity index (χ0) is 14.5. The van der Waals surface area contributed by atoms with Gasteiger partial charge in [-0.3, -0.25) is 0 Å². The van der Waals surface area contributed by atoms with E-state index in [1.165, 1.54) is 16.4 Å². The molecular formula is C13H21NO4S. The molecule has 0 amide bonds. The fourth-order valence-corrected chi connectivity index (χ4v) is 3.38. The van der Waals surface area contributed by atoms with Crippen LogP contribution in [0.2, 0.25) is 0 Å². The van der Waals surface area contributed by atoms with Gasteiger partial charge in [-0.25, -0.2) is 8.42 Å². The van der Waals surface area contributed by atoms with Crippen molar-refractivity contribution in [3.8, 4) is 0 Å². The van der Waals surface area contributed by atoms with Crippen LogP contribution in [0.5, 0.6) is 0 Å². The minimum atomic E-state index is -3.62. The Bertz CT molecular complexity index is 493. The molecule has 5 nitrogen and oxygen atoms in total. The summed E-state index contributed by atoms with van der Waals surface area (Å²) in [5, 5.41) is 18.5. The maximum absolute atomic E-state index is 12.4. The van der Waals surface area contributed by atoms with Crippen molar-refractivity contribution >= 4 is 10.0 Å². The van der Waals surface area contributed by atoms with Crippen LogP contribution in [0.1, 0.15) is 31.9 Å². The van der Waals surface area contributed by atoms with Crippen LogP contribution < -0.4 is 0 Å². The summed E-state index contributed by atoms with van der Waals surface area (Å²) < 4.78 is 26.1. The maximum Gasteiger partial charge on any atom is 0.243 e. The Balaban J connectivity index is 3.13. The SMILES string of the molecule is CCCN(CCO)S(=O)(=O)c1cccc(C(C)O)c1. The molecule has 0 saturated carbocycles. The lowest BCUT2D eigenvalue weighted by molar-refractivity contribution is 0.199. The summed E-state index contributed by atoms with van der Waals surface area (Å²) in [5.41, 5.74) is 0.557. The highest BCUT2D eigenvalue weighted by atomic mass is 32.2. The second-order valence-electron chi connectivity index (χ2n) is 4.38. The van der Waals surface area contributed by atoms with Crippen LogP contribution in [0.3, 0.4) is 0 Å². The van der Waals surface area contributed by atoms with E-state index < -0.39 is 16.1 Å². The summed E-state index contributed by atoms with van der Waals surface area (Å²) in [5.74, 6) is 0. The fourth-order valence-electron chi connectivity index (χ4n) is 1.80. The number of hydrogen-bond acceptors (Lipinski definition) is 4. The predicted octanol–water partition coefficient (Wildman–Crippen LogP) is 1.13. The molecule has 0 radical (unpaired) electrons. The smallest absolute Gasteiger partial charge is 0.243 e. The van der Waals surface area contributed by atoms with E-state index in [4.69, 9.17) is 5.11 Å². The van der Waals surface area contributed by atoms with E-state index >= 15 is 0 Å². The van der Waals surface area contributed by atoms with E-state index in [2.05, 4.69) is 0 Å². The molecule has 0 bridgehead atoms. The van der Waals surface area contributed by atoms with Gasteiger partial charge in [-0.2, -0.15) is 4.31 Å². The van der Waals surface area contributed by atoms with Crippen molar-refractivity contribution in [1.82, 2.24) is 4.31 Å². The lowest BCUT2D eigenvalue weighted by atomic mass is 10.1. The average molecular weight is 287 g/mol. The summed E-state index contributed by atoms with van der Waals surface area (Å²) in [6.45, 7) is 3.70. The Morgan fingerprint density at radius 1 is 1.32 bits per heavy atom. The second-order valence-corrected chi connectivity index (χ2v) is 6.31. The largest absolute Gasteiger partial charge is 0.395 e. The van der Waals surface area contributed by atoms with Gasteiger partial charge in [0.25, 0.3) is 0 Å². The summed E-state index contributed by atoms with van der Waals surface area (Å²) in [6.07, 6.45) is -0.0393. The van der Waals surface area contributed by atoms with E-state index in [1.54, 1.807) is 19.1 Å². The number of aliphatic hydroxyl groups excluding tert-OH is 2. The van der Waals surface area contributed by atoms with Gasteiger partial charge in [0, 0.05) is 13.1 Å². The van der Waals surface area contributed by atoms with Gasteiger partial charge in [0.2, 0.25) is 10.0 Å². The van der Waals surface area contributed by atoms with Gasteiger partial charge in [-0.05, 0) is 31.0 Å². The van der Waals surface area contributed by atoms with Crippen LogP contribution in [0.15, 0.2) is 29.2 Å². The zero-order valence-electron chi connectivity index (χ0n) is 11.3. The first-order valence-corrected chi connectivity index (χ1v) is 7.76. The molecule has 0 aliphatic carbocycles. The molecule has 1 atom stereocenters. The number of hydrogen-bond donors (Lipinski definition) is 2. The van der Waals surface area contributed by atoms with Gasteiger partial charge < -0.3 is 10.2 Å². The molecule has 0 saturated heterocycles. The lowest BCUT2D eigenvalue weighted by Crippen LogP contribution is -2.34. The minimum Gasteiger partial charge on any atom is -0.395 e. The minimum absolute atomic E-state index is 0.0785. The van der Waals surface area contributed by atoms with Gasteiger partial charge in [-0.1, -0.05) is 19.1 Å². The van der Waals surface area contributed by atoms with E-state index in [1.807, 2.05) is 6.92 Å². The molecule has 0 aromatic heterocycles. The molecule has 0 spiro atoms. The summed E-state index contributed by atoms with van der Waals surface area (Å²) in [4.78, 5) is 0.146. The number of benzene rings is 1. The molecule has 6 heteroatoms. The summed E-state index contributed by atoms with van der Waals surface area (Å²) in [7, 11) is -3.62. The third-order valence-electron chi connectivity index (χ3n) is 2.80. The van der Waals surface area contributed by atoms with Crippen molar-refractivity contribution in [2.45, 2.75) is 31.3 Å². The Morgan fingerprint density at radius 3 is 2.53 bits per heavy atom. The molecule has 1 aromatic carbocycles. The molecule has 1 aromatic rings. The van der Waals surface area contributed by atoms with E-state index in [9.17, 15) is 13.5 Å². The van der Waals surface area contributed by atoms with Gasteiger partial charge >= 0.3 is 0 Å². The van der Waals surface area contributed by atoms with Gasteiger partial charge in [0.1, 0.15) is 0 Å². The number of sulfonamides is 1. The van der Waals surface area contributed by atoms with Crippen molar-refractivity contribution < 1.29 is 18.6 Å². The van der Waals surface area contributed by atoms with E-state index in [0.717, 1.165) is 0 Å². The molecule has 19 heavy (non-hydrogen) atoms. The van der Waals surface area contributed by atoms with Crippen molar-refractivity contribution in [3.05, 3.63) is 29.8 Å². The Hall–Kier alpha value is -0.950. The van der Waals surface area contributed by atoms with Crippen LogP contribution in [-0.2, 0) is 10.0 Å². The van der Waals surface area contributed by atoms with E-state index in [0.29, 0.717) is 18.5 Å². The Kier molecular flexibility index (Phi) is 5.93. The first-order chi connectivity index (χ1) is 8.93. The summed E-state index contributed by atoms with van der Waals surface area (Å²) >= 11 is 0. The molecule has 108 valence electrons. The molecule has 0 aliphatic rings. The number of rotatable bonds is 7. The van der Waals surface area contributed by atoms with Crippen molar-refractivity contribution in [2.24, 2.45) is 0 Å². The number of aliphatic hydroxyl groups is 2. The second kappa shape index (κ2) is 7.00. The molecule has 0 heterocycles. The average Bonchev–Trinajstić information content (AvgIpc) is 2.38. The molecule has 0 fully saturated rings. The number of nitrogens with zero attached hydrogens (tertiary/aromatic N) is 1. The standard InChI is InChI=1S/C13H21NO4S/c1-3-7-14(8-9-15)19(17,18)13-6-4-5-12(10-13)11(2)16/h4-6,10-11,15-16H,3,7-9H2,1-2H3. The molecule has 0 aliphatic heterocycles. The fraction of sp³-hybridized carbons (Fsp3) is 0.538. The first kappa shape index (κ1) is 16.1. The highest BCUT2D eigenvalue weighted by Gasteiger charge is 2.23. The Morgan fingerprint density at radius 2 is 2.00 bits per heavy atom. The van der Waals surface area contributed by atoms with Crippen LogP contribution in [0.4, 0.5) is 0 Å². The van der Waals surface area contributed by atoms with Crippen LogP contribution >= 0.6 is 0 Å². The summed E-state index contributed by atoms with van der Waals surface area (Å²) in [6, 6.07) is 6.26. The van der Waals surface area contributed by atoms with Crippen LogP contribution in [-0.4, -0.2) is 42.6 Å². The third kappa shape index (κ3) is 4.01. The van der Waals surface area contributed by atoms with Crippen LogP contribution in [0.25, 0.3) is 0 Å². The maximum atomic E-state index is 12.4. The molecule has 1 rings (SSSR count). The molecule has 1 unspecified atom stereocenters. The predicted molar refractivity (Wildman–Crippen MR) is 73.2 cm³/mol. The molecule has 2 N–H and O–H groups in total. The highest BCUT2D eigenvalue weighted by Crippen LogP contribution is 2.20. The van der Waals surface area contributed by atoms with Crippen molar-refractivity contribution in [1.29, 1.82) is 0 Å². The van der Waals surface area contributed by atoms with Gasteiger partial charge in [0.05, 0.1) is 17.6 Å². The van der Waals surface area contributed by atoms with Gasteiger partial charge in [0.15, 0.2) is 0 Å². The van der Waals surface area contributed by atoms with E-state index in [-0.39, 0.29) is 18.0 Å². The zero-order valence-corrected chi connectivity index (χ0v) is 12.1. The lowest BCUT2D eigenvalue weighted by Gasteiger charge is -2.21. The van der Waals surface area contributed by atoms with Crippen molar-refractivity contribution in [3.63, 3.8) is 0 Å². The topological polar surface area (TPSA) is 77.8 Å². The third-order valence-corrected chi connectivity index (χ3v) is 4.70. The highest BCUT2D eigenvalue weighted by molar-refractivity contribution is 7.89. The first-order valence-electron chi connectivity index (χ1n) is 6.32. The normalized spacial score (nSPS) is 13.7. The quantitative estimate of drug-likeness (QED) is 0.788. The Labute approximate surface area is 114 Å². The van der Waals surface area contributed by atoms with Crippen LogP contribution in [0, 0.1) is 0 Å². The molecular weight excluding hydrogens is 266 g/mol. The monoisotopic (exact) mass is 287 g/mol.